The molecule has 1 aromatic heterocycles. The van der Waals surface area contributed by atoms with Gasteiger partial charge in [0.15, 0.2) is 0 Å². The average molecular weight is 261 g/mol. The van der Waals surface area contributed by atoms with Crippen LogP contribution in [0.15, 0.2) is 21.2 Å². The van der Waals surface area contributed by atoms with Crippen molar-refractivity contribution in [1.82, 2.24) is 0 Å². The molecule has 1 aromatic rings. The van der Waals surface area contributed by atoms with Crippen LogP contribution in [-0.4, -0.2) is 18.3 Å². The van der Waals surface area contributed by atoms with E-state index >= 15 is 0 Å². The maximum absolute atomic E-state index is 10.0. The van der Waals surface area contributed by atoms with Gasteiger partial charge >= 0.3 is 0 Å². The van der Waals surface area contributed by atoms with Crippen LogP contribution in [-0.2, 0) is 4.74 Å². The minimum Gasteiger partial charge on any atom is -0.465 e. The van der Waals surface area contributed by atoms with Gasteiger partial charge in [0.1, 0.15) is 11.9 Å². The molecule has 1 saturated heterocycles. The second-order valence-corrected chi connectivity index (χ2v) is 4.38. The SMILES string of the molecule is OC(c1occc1Br)C1CCOCC1. The zero-order valence-corrected chi connectivity index (χ0v) is 9.37. The van der Waals surface area contributed by atoms with E-state index in [9.17, 15) is 5.11 Å². The highest BCUT2D eigenvalue weighted by Crippen LogP contribution is 2.34. The van der Waals surface area contributed by atoms with Gasteiger partial charge in [-0.25, -0.2) is 0 Å². The highest BCUT2D eigenvalue weighted by atomic mass is 79.9. The van der Waals surface area contributed by atoms with Crippen LogP contribution in [0.1, 0.15) is 24.7 Å². The van der Waals surface area contributed by atoms with Crippen LogP contribution in [0.5, 0.6) is 0 Å². The predicted octanol–water partition coefficient (Wildman–Crippen LogP) is 2.50. The predicted molar refractivity (Wildman–Crippen MR) is 54.9 cm³/mol. The Kier molecular flexibility index (Phi) is 3.26. The van der Waals surface area contributed by atoms with E-state index < -0.39 is 6.10 Å². The third kappa shape index (κ3) is 2.02. The summed E-state index contributed by atoms with van der Waals surface area (Å²) >= 11 is 3.35. The van der Waals surface area contributed by atoms with Gasteiger partial charge < -0.3 is 14.3 Å². The van der Waals surface area contributed by atoms with Crippen LogP contribution in [0.25, 0.3) is 0 Å². The van der Waals surface area contributed by atoms with E-state index in [1.807, 2.05) is 0 Å². The molecule has 1 fully saturated rings. The lowest BCUT2D eigenvalue weighted by molar-refractivity contribution is -0.00143. The topological polar surface area (TPSA) is 42.6 Å². The number of rotatable bonds is 2. The van der Waals surface area contributed by atoms with Gasteiger partial charge in [-0.05, 0) is 40.8 Å². The summed E-state index contributed by atoms with van der Waals surface area (Å²) in [6, 6.07) is 1.80. The standard InChI is InChI=1S/C10H13BrO3/c11-8-3-6-14-10(8)9(12)7-1-4-13-5-2-7/h3,6-7,9,12H,1-2,4-5H2. The van der Waals surface area contributed by atoms with Crippen molar-refractivity contribution in [3.8, 4) is 0 Å². The highest BCUT2D eigenvalue weighted by Gasteiger charge is 2.26. The van der Waals surface area contributed by atoms with E-state index in [-0.39, 0.29) is 5.92 Å². The molecule has 2 heterocycles. The lowest BCUT2D eigenvalue weighted by atomic mass is 9.92. The summed E-state index contributed by atoms with van der Waals surface area (Å²) in [5.74, 6) is 0.892. The number of furan rings is 1. The maximum atomic E-state index is 10.0. The van der Waals surface area contributed by atoms with E-state index in [1.165, 1.54) is 0 Å². The molecule has 1 aliphatic rings. The second-order valence-electron chi connectivity index (χ2n) is 3.53. The van der Waals surface area contributed by atoms with Crippen LogP contribution in [0, 0.1) is 5.92 Å². The summed E-state index contributed by atoms with van der Waals surface area (Å²) in [5.41, 5.74) is 0. The van der Waals surface area contributed by atoms with Gasteiger partial charge in [0.25, 0.3) is 0 Å². The largest absolute Gasteiger partial charge is 0.465 e. The summed E-state index contributed by atoms with van der Waals surface area (Å²) in [7, 11) is 0. The first-order chi connectivity index (χ1) is 6.79. The minimum absolute atomic E-state index is 0.256. The Morgan fingerprint density at radius 1 is 1.43 bits per heavy atom. The molecular weight excluding hydrogens is 248 g/mol. The van der Waals surface area contributed by atoms with Crippen LogP contribution >= 0.6 is 15.9 Å². The molecule has 0 amide bonds. The Morgan fingerprint density at radius 3 is 2.71 bits per heavy atom. The summed E-state index contributed by atoms with van der Waals surface area (Å²) in [6.07, 6.45) is 2.87. The molecule has 0 saturated carbocycles. The number of aliphatic hydroxyl groups is 1. The Labute approximate surface area is 91.2 Å². The van der Waals surface area contributed by atoms with Gasteiger partial charge in [0.05, 0.1) is 10.7 Å². The quantitative estimate of drug-likeness (QED) is 0.889. The van der Waals surface area contributed by atoms with E-state index in [0.717, 1.165) is 30.5 Å². The van der Waals surface area contributed by atoms with Crippen LogP contribution in [0.2, 0.25) is 0 Å². The van der Waals surface area contributed by atoms with Crippen molar-refractivity contribution in [2.45, 2.75) is 18.9 Å². The van der Waals surface area contributed by atoms with Gasteiger partial charge in [-0.15, -0.1) is 0 Å². The molecular formula is C10H13BrO3. The summed E-state index contributed by atoms with van der Waals surface area (Å²) < 4.78 is 11.3. The van der Waals surface area contributed by atoms with Crippen molar-refractivity contribution in [1.29, 1.82) is 0 Å². The first-order valence-corrected chi connectivity index (χ1v) is 5.57. The van der Waals surface area contributed by atoms with E-state index in [0.29, 0.717) is 5.76 Å². The number of hydrogen-bond acceptors (Lipinski definition) is 3. The Morgan fingerprint density at radius 2 is 2.14 bits per heavy atom. The molecule has 4 heteroatoms. The maximum Gasteiger partial charge on any atom is 0.146 e. The van der Waals surface area contributed by atoms with Crippen molar-refractivity contribution in [3.63, 3.8) is 0 Å². The first-order valence-electron chi connectivity index (χ1n) is 4.77. The fraction of sp³-hybridized carbons (Fsp3) is 0.600. The van der Waals surface area contributed by atoms with Crippen molar-refractivity contribution in [2.75, 3.05) is 13.2 Å². The summed E-state index contributed by atoms with van der Waals surface area (Å²) in [6.45, 7) is 1.47. The summed E-state index contributed by atoms with van der Waals surface area (Å²) in [4.78, 5) is 0. The first kappa shape index (κ1) is 10.2. The zero-order chi connectivity index (χ0) is 9.97. The van der Waals surface area contributed by atoms with Crippen molar-refractivity contribution in [2.24, 2.45) is 5.92 Å². The molecule has 1 unspecified atom stereocenters. The Hall–Kier alpha value is -0.320. The van der Waals surface area contributed by atoms with E-state index in [4.69, 9.17) is 9.15 Å². The van der Waals surface area contributed by atoms with Crippen molar-refractivity contribution in [3.05, 3.63) is 22.6 Å². The minimum atomic E-state index is -0.511. The molecule has 14 heavy (non-hydrogen) atoms. The fourth-order valence-corrected chi connectivity index (χ4v) is 2.20. The lowest BCUT2D eigenvalue weighted by Crippen LogP contribution is -2.21. The van der Waals surface area contributed by atoms with Crippen LogP contribution in [0.3, 0.4) is 0 Å². The third-order valence-electron chi connectivity index (χ3n) is 2.63. The summed E-state index contributed by atoms with van der Waals surface area (Å²) in [5, 5.41) is 10.0. The van der Waals surface area contributed by atoms with Crippen LogP contribution in [0.4, 0.5) is 0 Å². The molecule has 3 nitrogen and oxygen atoms in total. The lowest BCUT2D eigenvalue weighted by Gasteiger charge is -2.25. The van der Waals surface area contributed by atoms with E-state index in [1.54, 1.807) is 12.3 Å². The molecule has 0 aromatic carbocycles. The van der Waals surface area contributed by atoms with Gasteiger partial charge in [0, 0.05) is 13.2 Å². The second kappa shape index (κ2) is 4.47. The highest BCUT2D eigenvalue weighted by molar-refractivity contribution is 9.10. The number of ether oxygens (including phenoxy) is 1. The molecule has 0 radical (unpaired) electrons. The smallest absolute Gasteiger partial charge is 0.146 e. The fourth-order valence-electron chi connectivity index (χ4n) is 1.76. The molecule has 0 bridgehead atoms. The molecule has 1 N–H and O–H groups in total. The molecule has 2 rings (SSSR count). The van der Waals surface area contributed by atoms with E-state index in [2.05, 4.69) is 15.9 Å². The zero-order valence-electron chi connectivity index (χ0n) is 7.78. The van der Waals surface area contributed by atoms with Gasteiger partial charge in [-0.1, -0.05) is 0 Å². The van der Waals surface area contributed by atoms with Crippen molar-refractivity contribution < 1.29 is 14.3 Å². The number of halogens is 1. The normalized spacial score (nSPS) is 21.0. The molecule has 1 aliphatic heterocycles. The number of aliphatic hydroxyl groups excluding tert-OH is 1. The van der Waals surface area contributed by atoms with Gasteiger partial charge in [-0.3, -0.25) is 0 Å². The van der Waals surface area contributed by atoms with Gasteiger partial charge in [0.2, 0.25) is 0 Å². The molecule has 78 valence electrons. The molecule has 0 spiro atoms. The Balaban J connectivity index is 2.07. The molecule has 1 atom stereocenters. The third-order valence-corrected chi connectivity index (χ3v) is 3.28. The average Bonchev–Trinajstić information content (AvgIpc) is 2.65. The van der Waals surface area contributed by atoms with Crippen LogP contribution < -0.4 is 0 Å². The van der Waals surface area contributed by atoms with Crippen molar-refractivity contribution >= 4 is 15.9 Å². The van der Waals surface area contributed by atoms with Gasteiger partial charge in [-0.2, -0.15) is 0 Å². The Bertz CT molecular complexity index is 291. The molecule has 0 aliphatic carbocycles. The monoisotopic (exact) mass is 260 g/mol. The number of hydrogen-bond donors (Lipinski definition) is 1.